The Bertz CT molecular complexity index is 1940. The topological polar surface area (TPSA) is 84.8 Å². The summed E-state index contributed by atoms with van der Waals surface area (Å²) in [5.41, 5.74) is -0.134. The summed E-state index contributed by atoms with van der Waals surface area (Å²) < 4.78 is 65.2. The third-order valence-corrected chi connectivity index (χ3v) is 12.4. The Kier molecular flexibility index (Phi) is 7.46. The molecular weight excluding hydrogens is 625 g/mol. The summed E-state index contributed by atoms with van der Waals surface area (Å²) in [4.78, 5) is 13.7. The zero-order valence-electron chi connectivity index (χ0n) is 26.0. The molecule has 0 amide bonds. The van der Waals surface area contributed by atoms with E-state index in [1.54, 1.807) is 18.4 Å². The van der Waals surface area contributed by atoms with Gasteiger partial charge in [-0.15, -0.1) is 6.42 Å². The van der Waals surface area contributed by atoms with Crippen LogP contribution in [0.15, 0.2) is 36.4 Å². The first-order valence-corrected chi connectivity index (χ1v) is 17.8. The Morgan fingerprint density at radius 3 is 2.64 bits per heavy atom. The van der Waals surface area contributed by atoms with Crippen molar-refractivity contribution < 1.29 is 27.6 Å². The summed E-state index contributed by atoms with van der Waals surface area (Å²) in [6, 6.07) is 8.89. The van der Waals surface area contributed by atoms with Gasteiger partial charge >= 0.3 is 6.01 Å². The highest BCUT2D eigenvalue weighted by molar-refractivity contribution is 7.91. The average molecular weight is 661 g/mol. The molecule has 3 saturated heterocycles. The monoisotopic (exact) mass is 660 g/mol. The van der Waals surface area contributed by atoms with Crippen LogP contribution in [0.3, 0.4) is 0 Å². The van der Waals surface area contributed by atoms with Crippen LogP contribution in [0.25, 0.3) is 32.8 Å². The molecule has 2 bridgehead atoms. The van der Waals surface area contributed by atoms with Crippen molar-refractivity contribution in [1.82, 2.24) is 14.9 Å². The van der Waals surface area contributed by atoms with Crippen LogP contribution < -0.4 is 9.64 Å². The van der Waals surface area contributed by atoms with E-state index in [9.17, 15) is 18.4 Å². The number of aromatic hydroxyl groups is 1. The van der Waals surface area contributed by atoms with E-state index in [0.29, 0.717) is 48.0 Å². The Hall–Kier alpha value is -3.72. The van der Waals surface area contributed by atoms with E-state index in [0.717, 1.165) is 32.2 Å². The number of benzene rings is 3. The average Bonchev–Trinajstić information content (AvgIpc) is 3.66. The van der Waals surface area contributed by atoms with E-state index in [4.69, 9.17) is 16.1 Å². The maximum atomic E-state index is 16.9. The predicted octanol–water partition coefficient (Wildman–Crippen LogP) is 5.96. The van der Waals surface area contributed by atoms with E-state index in [1.807, 2.05) is 0 Å². The number of hydrogen-bond acceptors (Lipinski definition) is 7. The molecule has 1 aromatic heterocycles. The van der Waals surface area contributed by atoms with Gasteiger partial charge in [-0.1, -0.05) is 29.2 Å². The van der Waals surface area contributed by atoms with Crippen molar-refractivity contribution in [2.45, 2.75) is 49.1 Å². The van der Waals surface area contributed by atoms with Gasteiger partial charge < -0.3 is 19.3 Å². The minimum Gasteiger partial charge on any atom is -0.616 e. The molecule has 1 N–H and O–H groups in total. The van der Waals surface area contributed by atoms with E-state index in [2.05, 4.69) is 20.7 Å². The molecule has 4 heterocycles. The summed E-state index contributed by atoms with van der Waals surface area (Å²) in [6.07, 6.45) is 10.6. The van der Waals surface area contributed by atoms with Crippen LogP contribution in [0, 0.1) is 35.8 Å². The van der Waals surface area contributed by atoms with Gasteiger partial charge in [0.2, 0.25) is 0 Å². The lowest BCUT2D eigenvalue weighted by Gasteiger charge is -2.38. The summed E-state index contributed by atoms with van der Waals surface area (Å²) in [6.45, 7) is 2.61. The van der Waals surface area contributed by atoms with E-state index in [-0.39, 0.29) is 57.7 Å². The number of hydrogen-bond donors (Lipinski definition) is 1. The van der Waals surface area contributed by atoms with E-state index < -0.39 is 34.5 Å². The zero-order chi connectivity index (χ0) is 32.6. The minimum atomic E-state index is -0.950. The number of phenols is 1. The summed E-state index contributed by atoms with van der Waals surface area (Å²) >= 11 is -0.950. The SMILES string of the molecule is C#Cc1c(F)ccc2cc(O)cc(-c3ccc4c(N5C[C@H]6CC[C@@H](C5)C6[S+](C)[O-])nc(OC[C@@]56CCCN5C[C@H](F)C6)nc4c3F)c12. The van der Waals surface area contributed by atoms with Gasteiger partial charge in [0.1, 0.15) is 40.9 Å². The number of terminal acetylenes is 1. The largest absolute Gasteiger partial charge is 0.616 e. The van der Waals surface area contributed by atoms with Crippen molar-refractivity contribution in [2.24, 2.45) is 11.8 Å². The molecular formula is C36H35F3N4O3S. The highest BCUT2D eigenvalue weighted by Crippen LogP contribution is 2.45. The Balaban J connectivity index is 1.27. The van der Waals surface area contributed by atoms with Crippen LogP contribution in [-0.4, -0.2) is 80.5 Å². The van der Waals surface area contributed by atoms with Crippen molar-refractivity contribution in [2.75, 3.05) is 43.9 Å². The molecule has 1 aliphatic carbocycles. The van der Waals surface area contributed by atoms with Gasteiger partial charge in [0.15, 0.2) is 5.82 Å². The molecule has 4 aromatic rings. The maximum absolute atomic E-state index is 16.9. The fraction of sp³-hybridized carbons (Fsp3) is 0.444. The van der Waals surface area contributed by atoms with Crippen molar-refractivity contribution in [3.63, 3.8) is 0 Å². The number of aromatic nitrogens is 2. The smallest absolute Gasteiger partial charge is 0.319 e. The minimum absolute atomic E-state index is 0.00301. The fourth-order valence-corrected chi connectivity index (χ4v) is 10.5. The van der Waals surface area contributed by atoms with E-state index >= 15 is 4.39 Å². The lowest BCUT2D eigenvalue weighted by molar-refractivity contribution is 0.107. The molecule has 11 heteroatoms. The number of rotatable bonds is 6. The second-order valence-corrected chi connectivity index (χ2v) is 15.2. The van der Waals surface area contributed by atoms with Crippen molar-refractivity contribution in [3.8, 4) is 35.2 Å². The highest BCUT2D eigenvalue weighted by atomic mass is 32.2. The summed E-state index contributed by atoms with van der Waals surface area (Å²) in [7, 11) is 0. The standard InChI is InChI=1S/C36H35F3N4O3S/c1-3-25-29(38)10-7-20-13-24(44)14-28(30(20)25)26-8-9-27-32(31(26)39)40-35(46-19-36-11-4-12-43(36)18-23(37)15-36)41-34(27)42-16-21-5-6-22(17-42)33(21)47(2)45/h1,7-10,13-14,21-23,33,44H,4-6,11-12,15-19H2,2H3/t21-,22+,23-,33?,36+,47?/m1/s1. The number of fused-ring (bicyclic) bond motifs is 5. The van der Waals surface area contributed by atoms with Crippen molar-refractivity contribution in [3.05, 3.63) is 53.6 Å². The molecule has 3 aliphatic heterocycles. The van der Waals surface area contributed by atoms with Crippen molar-refractivity contribution >= 4 is 38.7 Å². The molecule has 4 aliphatic rings. The molecule has 4 fully saturated rings. The van der Waals surface area contributed by atoms with Gasteiger partial charge in [-0.05, 0) is 67.4 Å². The summed E-state index contributed by atoms with van der Waals surface area (Å²) in [5.74, 6) is 1.93. The first-order valence-electron chi connectivity index (χ1n) is 16.2. The lowest BCUT2D eigenvalue weighted by atomic mass is 9.93. The Morgan fingerprint density at radius 2 is 1.89 bits per heavy atom. The molecule has 7 nitrogen and oxygen atoms in total. The Labute approximate surface area is 274 Å². The molecule has 0 spiro atoms. The van der Waals surface area contributed by atoms with Crippen LogP contribution in [0.4, 0.5) is 19.0 Å². The fourth-order valence-electron chi connectivity index (χ4n) is 8.95. The normalized spacial score (nSPS) is 27.8. The molecule has 8 rings (SSSR count). The molecule has 244 valence electrons. The number of halogens is 3. The third-order valence-electron chi connectivity index (χ3n) is 10.9. The van der Waals surface area contributed by atoms with Crippen LogP contribution in [-0.2, 0) is 11.2 Å². The number of phenolic OH excluding ortho intramolecular Hbond substituents is 1. The summed E-state index contributed by atoms with van der Waals surface area (Å²) in [5, 5.41) is 12.0. The zero-order valence-corrected chi connectivity index (χ0v) is 26.8. The van der Waals surface area contributed by atoms with Crippen LogP contribution in [0.2, 0.25) is 0 Å². The van der Waals surface area contributed by atoms with Gasteiger partial charge in [0, 0.05) is 54.2 Å². The molecule has 2 unspecified atom stereocenters. The molecule has 0 radical (unpaired) electrons. The first-order chi connectivity index (χ1) is 22.7. The molecule has 6 atom stereocenters. The number of alkyl halides is 1. The molecule has 1 saturated carbocycles. The van der Waals surface area contributed by atoms with Gasteiger partial charge in [-0.2, -0.15) is 9.97 Å². The number of piperidine rings is 1. The quantitative estimate of drug-likeness (QED) is 0.202. The van der Waals surface area contributed by atoms with Gasteiger partial charge in [0.05, 0.1) is 17.4 Å². The predicted molar refractivity (Wildman–Crippen MR) is 177 cm³/mol. The van der Waals surface area contributed by atoms with E-state index in [1.165, 1.54) is 24.3 Å². The molecule has 3 aromatic carbocycles. The van der Waals surface area contributed by atoms with Crippen LogP contribution in [0.5, 0.6) is 11.8 Å². The second-order valence-electron chi connectivity index (χ2n) is 13.6. The maximum Gasteiger partial charge on any atom is 0.319 e. The lowest BCUT2D eigenvalue weighted by Crippen LogP contribution is -2.48. The Morgan fingerprint density at radius 1 is 1.11 bits per heavy atom. The van der Waals surface area contributed by atoms with Gasteiger partial charge in [-0.3, -0.25) is 4.90 Å². The second kappa shape index (κ2) is 11.5. The van der Waals surface area contributed by atoms with Gasteiger partial charge in [-0.25, -0.2) is 13.2 Å². The number of anilines is 1. The molecule has 47 heavy (non-hydrogen) atoms. The highest BCUT2D eigenvalue weighted by Gasteiger charge is 2.50. The number of nitrogens with zero attached hydrogens (tertiary/aromatic N) is 4. The van der Waals surface area contributed by atoms with Gasteiger partial charge in [0.25, 0.3) is 0 Å². The first kappa shape index (κ1) is 30.6. The van der Waals surface area contributed by atoms with Crippen LogP contribution in [0.1, 0.15) is 37.7 Å². The third kappa shape index (κ3) is 4.99. The van der Waals surface area contributed by atoms with Crippen LogP contribution >= 0.6 is 0 Å². The van der Waals surface area contributed by atoms with Crippen molar-refractivity contribution in [1.29, 1.82) is 0 Å². The number of ether oxygens (including phenoxy) is 1.